The zero-order chi connectivity index (χ0) is 13.8. The number of benzene rings is 1. The maximum Gasteiger partial charge on any atom is 0.335 e. The number of nitrogens with one attached hydrogen (secondary N) is 1. The number of amides is 1. The highest BCUT2D eigenvalue weighted by Crippen LogP contribution is 2.12. The molecule has 6 heteroatoms. The van der Waals surface area contributed by atoms with Gasteiger partial charge in [-0.25, -0.2) is 9.78 Å². The number of hydrogen-bond acceptors (Lipinski definition) is 3. The van der Waals surface area contributed by atoms with Crippen molar-refractivity contribution >= 4 is 33.6 Å². The number of carboxylic acids is 1. The van der Waals surface area contributed by atoms with E-state index in [1.165, 1.54) is 24.3 Å². The molecule has 0 aliphatic heterocycles. The van der Waals surface area contributed by atoms with Gasteiger partial charge in [0.15, 0.2) is 0 Å². The monoisotopic (exact) mass is 320 g/mol. The molecule has 1 aromatic heterocycles. The van der Waals surface area contributed by atoms with E-state index in [-0.39, 0.29) is 11.5 Å². The lowest BCUT2D eigenvalue weighted by molar-refractivity contribution is 0.0696. The number of hydrogen-bond donors (Lipinski definition) is 2. The number of aromatic carboxylic acids is 1. The van der Waals surface area contributed by atoms with Crippen LogP contribution < -0.4 is 5.32 Å². The molecule has 0 aliphatic carbocycles. The number of carbonyl (C=O) groups is 2. The van der Waals surface area contributed by atoms with E-state index in [4.69, 9.17) is 5.11 Å². The van der Waals surface area contributed by atoms with Crippen LogP contribution in [0.15, 0.2) is 47.1 Å². The van der Waals surface area contributed by atoms with Crippen LogP contribution >= 0.6 is 15.9 Å². The normalized spacial score (nSPS) is 9.95. The van der Waals surface area contributed by atoms with E-state index in [2.05, 4.69) is 26.2 Å². The highest BCUT2D eigenvalue weighted by atomic mass is 79.9. The number of anilines is 1. The molecule has 1 aromatic carbocycles. The predicted molar refractivity (Wildman–Crippen MR) is 73.3 cm³/mol. The minimum Gasteiger partial charge on any atom is -0.478 e. The van der Waals surface area contributed by atoms with E-state index in [0.717, 1.165) is 4.47 Å². The van der Waals surface area contributed by atoms with Crippen molar-refractivity contribution < 1.29 is 14.7 Å². The third-order valence-corrected chi connectivity index (χ3v) is 2.83. The number of nitrogens with zero attached hydrogens (tertiary/aromatic N) is 1. The van der Waals surface area contributed by atoms with Gasteiger partial charge in [-0.05, 0) is 52.3 Å². The Hall–Kier alpha value is -2.21. The Labute approximate surface area is 117 Å². The van der Waals surface area contributed by atoms with Gasteiger partial charge >= 0.3 is 5.97 Å². The molecule has 0 radical (unpaired) electrons. The fraction of sp³-hybridized carbons (Fsp3) is 0. The van der Waals surface area contributed by atoms with Crippen molar-refractivity contribution in [2.45, 2.75) is 0 Å². The fourth-order valence-electron chi connectivity index (χ4n) is 1.40. The van der Waals surface area contributed by atoms with E-state index >= 15 is 0 Å². The Balaban J connectivity index is 2.11. The summed E-state index contributed by atoms with van der Waals surface area (Å²) in [4.78, 5) is 26.6. The summed E-state index contributed by atoms with van der Waals surface area (Å²) in [5.41, 5.74) is 0.507. The van der Waals surface area contributed by atoms with Gasteiger partial charge in [-0.2, -0.15) is 0 Å². The van der Waals surface area contributed by atoms with Crippen LogP contribution in [0.3, 0.4) is 0 Å². The van der Waals surface area contributed by atoms with Gasteiger partial charge in [-0.3, -0.25) is 4.79 Å². The van der Waals surface area contributed by atoms with Crippen LogP contribution in [-0.2, 0) is 0 Å². The van der Waals surface area contributed by atoms with Crippen LogP contribution in [0.1, 0.15) is 20.7 Å². The lowest BCUT2D eigenvalue weighted by Gasteiger charge is -2.04. The Morgan fingerprint density at radius 1 is 1.05 bits per heavy atom. The summed E-state index contributed by atoms with van der Waals surface area (Å²) in [6.07, 6.45) is 1.57. The zero-order valence-corrected chi connectivity index (χ0v) is 11.2. The molecule has 96 valence electrons. The molecule has 0 saturated heterocycles. The molecule has 5 nitrogen and oxygen atoms in total. The lowest BCUT2D eigenvalue weighted by atomic mass is 10.1. The van der Waals surface area contributed by atoms with Crippen LogP contribution in [0, 0.1) is 0 Å². The number of carbonyl (C=O) groups excluding carboxylic acids is 1. The number of halogens is 1. The van der Waals surface area contributed by atoms with E-state index in [1.54, 1.807) is 18.3 Å². The predicted octanol–water partition coefficient (Wildman–Crippen LogP) is 2.79. The molecule has 0 atom stereocenters. The average molecular weight is 321 g/mol. The Morgan fingerprint density at radius 3 is 2.21 bits per heavy atom. The van der Waals surface area contributed by atoms with E-state index in [1.807, 2.05) is 0 Å². The second-order valence-corrected chi connectivity index (χ2v) is 4.61. The van der Waals surface area contributed by atoms with Gasteiger partial charge < -0.3 is 10.4 Å². The zero-order valence-electron chi connectivity index (χ0n) is 9.63. The summed E-state index contributed by atoms with van der Waals surface area (Å²) in [6, 6.07) is 9.09. The minimum atomic E-state index is -1.03. The summed E-state index contributed by atoms with van der Waals surface area (Å²) in [7, 11) is 0. The molecule has 1 amide bonds. The Kier molecular flexibility index (Phi) is 3.91. The Morgan fingerprint density at radius 2 is 1.68 bits per heavy atom. The van der Waals surface area contributed by atoms with Crippen LogP contribution in [0.5, 0.6) is 0 Å². The largest absolute Gasteiger partial charge is 0.478 e. The summed E-state index contributed by atoms with van der Waals surface area (Å²) >= 11 is 3.25. The first kappa shape index (κ1) is 13.2. The average Bonchev–Trinajstić information content (AvgIpc) is 2.41. The van der Waals surface area contributed by atoms with Gasteiger partial charge in [-0.1, -0.05) is 0 Å². The topological polar surface area (TPSA) is 79.3 Å². The van der Waals surface area contributed by atoms with E-state index < -0.39 is 5.97 Å². The molecule has 19 heavy (non-hydrogen) atoms. The number of rotatable bonds is 3. The SMILES string of the molecule is O=C(O)c1ccc(C(=O)Nc2ccc(Br)cn2)cc1. The molecule has 1 heterocycles. The molecule has 0 bridgehead atoms. The standard InChI is InChI=1S/C13H9BrN2O3/c14-10-5-6-11(15-7-10)16-12(17)8-1-3-9(4-2-8)13(18)19/h1-7H,(H,18,19)(H,15,16,17). The van der Waals surface area contributed by atoms with Crippen molar-refractivity contribution in [3.63, 3.8) is 0 Å². The third kappa shape index (κ3) is 3.38. The van der Waals surface area contributed by atoms with Crippen molar-refractivity contribution in [2.24, 2.45) is 0 Å². The lowest BCUT2D eigenvalue weighted by Crippen LogP contribution is -2.13. The first-order valence-electron chi connectivity index (χ1n) is 5.32. The van der Waals surface area contributed by atoms with Crippen molar-refractivity contribution in [3.05, 3.63) is 58.2 Å². The van der Waals surface area contributed by atoms with Gasteiger partial charge in [0.05, 0.1) is 5.56 Å². The van der Waals surface area contributed by atoms with Gasteiger partial charge in [0.25, 0.3) is 5.91 Å². The minimum absolute atomic E-state index is 0.137. The smallest absolute Gasteiger partial charge is 0.335 e. The highest BCUT2D eigenvalue weighted by molar-refractivity contribution is 9.10. The summed E-state index contributed by atoms with van der Waals surface area (Å²) in [5, 5.41) is 11.4. The van der Waals surface area contributed by atoms with Gasteiger partial charge in [0.2, 0.25) is 0 Å². The quantitative estimate of drug-likeness (QED) is 0.911. The molecule has 0 aliphatic rings. The van der Waals surface area contributed by atoms with E-state index in [9.17, 15) is 9.59 Å². The second-order valence-electron chi connectivity index (χ2n) is 3.70. The summed E-state index contributed by atoms with van der Waals surface area (Å²) in [5.74, 6) is -0.941. The van der Waals surface area contributed by atoms with Crippen molar-refractivity contribution in [1.29, 1.82) is 0 Å². The molecule has 0 unspecified atom stereocenters. The van der Waals surface area contributed by atoms with Crippen molar-refractivity contribution in [1.82, 2.24) is 4.98 Å². The van der Waals surface area contributed by atoms with Gasteiger partial charge in [-0.15, -0.1) is 0 Å². The maximum absolute atomic E-state index is 11.9. The molecule has 0 saturated carbocycles. The van der Waals surface area contributed by atoms with E-state index in [0.29, 0.717) is 11.4 Å². The summed E-state index contributed by atoms with van der Waals surface area (Å²) < 4.78 is 0.816. The molecule has 0 spiro atoms. The van der Waals surface area contributed by atoms with Gasteiger partial charge in [0, 0.05) is 16.2 Å². The first-order chi connectivity index (χ1) is 9.06. The molecular formula is C13H9BrN2O3. The molecule has 2 aromatic rings. The number of carboxylic acid groups (broad SMARTS) is 1. The van der Waals surface area contributed by atoms with Crippen molar-refractivity contribution in [3.8, 4) is 0 Å². The second kappa shape index (κ2) is 5.62. The summed E-state index contributed by atoms with van der Waals surface area (Å²) in [6.45, 7) is 0. The maximum atomic E-state index is 11.9. The molecular weight excluding hydrogens is 312 g/mol. The van der Waals surface area contributed by atoms with Crippen LogP contribution in [0.2, 0.25) is 0 Å². The molecule has 2 rings (SSSR count). The number of pyridine rings is 1. The van der Waals surface area contributed by atoms with Gasteiger partial charge in [0.1, 0.15) is 5.82 Å². The third-order valence-electron chi connectivity index (χ3n) is 2.36. The van der Waals surface area contributed by atoms with Crippen LogP contribution in [0.4, 0.5) is 5.82 Å². The Bertz CT molecular complexity index is 609. The highest BCUT2D eigenvalue weighted by Gasteiger charge is 2.08. The molecule has 2 N–H and O–H groups in total. The number of aromatic nitrogens is 1. The van der Waals surface area contributed by atoms with Crippen LogP contribution in [-0.4, -0.2) is 22.0 Å². The first-order valence-corrected chi connectivity index (χ1v) is 6.12. The van der Waals surface area contributed by atoms with Crippen molar-refractivity contribution in [2.75, 3.05) is 5.32 Å². The fourth-order valence-corrected chi connectivity index (χ4v) is 1.64. The van der Waals surface area contributed by atoms with Crippen LogP contribution in [0.25, 0.3) is 0 Å². The molecule has 0 fully saturated rings.